The predicted molar refractivity (Wildman–Crippen MR) is 111 cm³/mol. The molecule has 0 aliphatic carbocycles. The van der Waals surface area contributed by atoms with E-state index in [1.165, 1.54) is 17.0 Å². The number of rotatable bonds is 7. The van der Waals surface area contributed by atoms with Crippen molar-refractivity contribution in [2.75, 3.05) is 13.1 Å². The minimum Gasteiger partial charge on any atom is -0.388 e. The third kappa shape index (κ3) is 5.10. The van der Waals surface area contributed by atoms with Gasteiger partial charge in [0, 0.05) is 31.0 Å². The summed E-state index contributed by atoms with van der Waals surface area (Å²) in [6.45, 7) is 4.36. The standard InChI is InChI=1S/C21H24ClN3O4/c1-2-16(26)4-3-5-19(27)24-10-8-21(29,9-11-24)13-25-14-23-18-12-15(22)6-7-17(18)20(25)28/h2,6-7,12,14,29H,1,3-5,8-11,13H2. The van der Waals surface area contributed by atoms with Crippen molar-refractivity contribution in [3.63, 3.8) is 0 Å². The number of fused-ring (bicyclic) bond motifs is 1. The average Bonchev–Trinajstić information content (AvgIpc) is 2.70. The van der Waals surface area contributed by atoms with Crippen molar-refractivity contribution in [1.29, 1.82) is 0 Å². The Hall–Kier alpha value is -2.51. The lowest BCUT2D eigenvalue weighted by Gasteiger charge is -2.38. The molecule has 1 N–H and O–H groups in total. The molecule has 0 spiro atoms. The number of ketones is 1. The Morgan fingerprint density at radius 2 is 2.00 bits per heavy atom. The molecule has 0 atom stereocenters. The van der Waals surface area contributed by atoms with Crippen LogP contribution in [0.25, 0.3) is 10.9 Å². The van der Waals surface area contributed by atoms with E-state index in [0.29, 0.717) is 61.1 Å². The van der Waals surface area contributed by atoms with E-state index in [1.54, 1.807) is 23.1 Å². The van der Waals surface area contributed by atoms with Crippen LogP contribution in [-0.2, 0) is 16.1 Å². The molecule has 2 aromatic rings. The highest BCUT2D eigenvalue weighted by molar-refractivity contribution is 6.31. The second kappa shape index (κ2) is 8.88. The Bertz CT molecular complexity index is 993. The van der Waals surface area contributed by atoms with Crippen LogP contribution < -0.4 is 5.56 Å². The minimum atomic E-state index is -1.08. The fourth-order valence-corrected chi connectivity index (χ4v) is 3.73. The first-order chi connectivity index (χ1) is 13.8. The van der Waals surface area contributed by atoms with Gasteiger partial charge in [0.15, 0.2) is 5.78 Å². The molecule has 0 unspecified atom stereocenters. The number of aromatic nitrogens is 2. The van der Waals surface area contributed by atoms with Gasteiger partial charge in [0.05, 0.1) is 29.4 Å². The van der Waals surface area contributed by atoms with Gasteiger partial charge in [-0.25, -0.2) is 4.98 Å². The molecule has 1 aromatic carbocycles. The average molecular weight is 418 g/mol. The lowest BCUT2D eigenvalue weighted by Crippen LogP contribution is -2.49. The molecule has 3 rings (SSSR count). The van der Waals surface area contributed by atoms with Crippen molar-refractivity contribution in [1.82, 2.24) is 14.5 Å². The zero-order valence-electron chi connectivity index (χ0n) is 16.1. The molecule has 1 saturated heterocycles. The second-order valence-electron chi connectivity index (χ2n) is 7.47. The summed E-state index contributed by atoms with van der Waals surface area (Å²) in [5, 5.41) is 11.9. The molecule has 7 nitrogen and oxygen atoms in total. The van der Waals surface area contributed by atoms with E-state index in [9.17, 15) is 19.5 Å². The fourth-order valence-electron chi connectivity index (χ4n) is 3.57. The third-order valence-electron chi connectivity index (χ3n) is 5.34. The molecule has 0 saturated carbocycles. The normalized spacial score (nSPS) is 16.0. The Morgan fingerprint density at radius 3 is 2.69 bits per heavy atom. The van der Waals surface area contributed by atoms with Crippen LogP contribution >= 0.6 is 11.6 Å². The number of allylic oxidation sites excluding steroid dienone is 1. The number of likely N-dealkylation sites (tertiary alicyclic amines) is 1. The first kappa shape index (κ1) is 21.2. The van der Waals surface area contributed by atoms with E-state index in [4.69, 9.17) is 11.6 Å². The Morgan fingerprint density at radius 1 is 1.28 bits per heavy atom. The molecule has 8 heteroatoms. The van der Waals surface area contributed by atoms with Crippen LogP contribution in [0.5, 0.6) is 0 Å². The fraction of sp³-hybridized carbons (Fsp3) is 0.429. The molecular weight excluding hydrogens is 394 g/mol. The van der Waals surface area contributed by atoms with E-state index in [0.717, 1.165) is 0 Å². The smallest absolute Gasteiger partial charge is 0.261 e. The number of hydrogen-bond donors (Lipinski definition) is 1. The maximum Gasteiger partial charge on any atom is 0.261 e. The van der Waals surface area contributed by atoms with Crippen LogP contribution in [-0.4, -0.2) is 49.9 Å². The van der Waals surface area contributed by atoms with E-state index >= 15 is 0 Å². The molecule has 1 aliphatic heterocycles. The number of benzene rings is 1. The van der Waals surface area contributed by atoms with E-state index < -0.39 is 5.60 Å². The van der Waals surface area contributed by atoms with Gasteiger partial charge < -0.3 is 10.0 Å². The lowest BCUT2D eigenvalue weighted by molar-refractivity contribution is -0.136. The van der Waals surface area contributed by atoms with Gasteiger partial charge in [-0.15, -0.1) is 0 Å². The Kier molecular flexibility index (Phi) is 6.49. The zero-order chi connectivity index (χ0) is 21.0. The highest BCUT2D eigenvalue weighted by Gasteiger charge is 2.34. The van der Waals surface area contributed by atoms with E-state index in [-0.39, 0.29) is 23.8 Å². The molecule has 0 radical (unpaired) electrons. The van der Waals surface area contributed by atoms with Crippen molar-refractivity contribution in [3.8, 4) is 0 Å². The number of halogens is 1. The molecule has 1 aliphatic rings. The molecule has 154 valence electrons. The first-order valence-electron chi connectivity index (χ1n) is 9.61. The summed E-state index contributed by atoms with van der Waals surface area (Å²) in [5.41, 5.74) is -0.798. The van der Waals surface area contributed by atoms with E-state index in [2.05, 4.69) is 11.6 Å². The largest absolute Gasteiger partial charge is 0.388 e. The maximum atomic E-state index is 12.7. The summed E-state index contributed by atoms with van der Waals surface area (Å²) in [4.78, 5) is 42.2. The van der Waals surface area contributed by atoms with Crippen LogP contribution in [0.3, 0.4) is 0 Å². The minimum absolute atomic E-state index is 0.0228. The monoisotopic (exact) mass is 417 g/mol. The summed E-state index contributed by atoms with van der Waals surface area (Å²) in [7, 11) is 0. The lowest BCUT2D eigenvalue weighted by atomic mass is 9.91. The quantitative estimate of drug-likeness (QED) is 0.698. The summed E-state index contributed by atoms with van der Waals surface area (Å²) >= 11 is 5.94. The van der Waals surface area contributed by atoms with Gasteiger partial charge in [-0.1, -0.05) is 18.2 Å². The maximum absolute atomic E-state index is 12.7. The van der Waals surface area contributed by atoms with Crippen LogP contribution in [0.15, 0.2) is 42.0 Å². The van der Waals surface area contributed by atoms with E-state index in [1.807, 2.05) is 0 Å². The Balaban J connectivity index is 1.60. The number of carbonyl (C=O) groups excluding carboxylic acids is 2. The highest BCUT2D eigenvalue weighted by atomic mass is 35.5. The summed E-state index contributed by atoms with van der Waals surface area (Å²) in [5.74, 6) is -0.0899. The molecule has 0 bridgehead atoms. The van der Waals surface area contributed by atoms with Gasteiger partial charge in [0.2, 0.25) is 5.91 Å². The van der Waals surface area contributed by atoms with Crippen LogP contribution in [0.2, 0.25) is 5.02 Å². The van der Waals surface area contributed by atoms with Crippen LogP contribution in [0.4, 0.5) is 0 Å². The molecular formula is C21H24ClN3O4. The summed E-state index contributed by atoms with van der Waals surface area (Å²) in [6, 6.07) is 4.90. The Labute approximate surface area is 173 Å². The van der Waals surface area contributed by atoms with Gasteiger partial charge in [0.25, 0.3) is 5.56 Å². The number of hydrogen-bond acceptors (Lipinski definition) is 5. The molecule has 1 amide bonds. The SMILES string of the molecule is C=CC(=O)CCCC(=O)N1CCC(O)(Cn2cnc3cc(Cl)ccc3c2=O)CC1. The van der Waals surface area contributed by atoms with Crippen molar-refractivity contribution in [3.05, 3.63) is 52.6 Å². The van der Waals surface area contributed by atoms with Gasteiger partial charge in [-0.3, -0.25) is 19.0 Å². The first-order valence-corrected chi connectivity index (χ1v) is 9.99. The van der Waals surface area contributed by atoms with Crippen molar-refractivity contribution >= 4 is 34.2 Å². The van der Waals surface area contributed by atoms with Gasteiger partial charge in [-0.2, -0.15) is 0 Å². The number of piperidine rings is 1. The number of aliphatic hydroxyl groups is 1. The van der Waals surface area contributed by atoms with Gasteiger partial charge in [-0.05, 0) is 43.5 Å². The predicted octanol–water partition coefficient (Wildman–Crippen LogP) is 2.33. The molecule has 2 heterocycles. The highest BCUT2D eigenvalue weighted by Crippen LogP contribution is 2.25. The van der Waals surface area contributed by atoms with Crippen molar-refractivity contribution in [2.24, 2.45) is 0 Å². The topological polar surface area (TPSA) is 92.5 Å². The second-order valence-corrected chi connectivity index (χ2v) is 7.90. The van der Waals surface area contributed by atoms with Crippen LogP contribution in [0.1, 0.15) is 32.1 Å². The molecule has 29 heavy (non-hydrogen) atoms. The van der Waals surface area contributed by atoms with Crippen LogP contribution in [0, 0.1) is 0 Å². The number of nitrogens with zero attached hydrogens (tertiary/aromatic N) is 3. The van der Waals surface area contributed by atoms with Gasteiger partial charge >= 0.3 is 0 Å². The summed E-state index contributed by atoms with van der Waals surface area (Å²) < 4.78 is 1.41. The molecule has 1 fully saturated rings. The van der Waals surface area contributed by atoms with Gasteiger partial charge in [0.1, 0.15) is 0 Å². The summed E-state index contributed by atoms with van der Waals surface area (Å²) in [6.07, 6.45) is 4.54. The van der Waals surface area contributed by atoms with Crippen molar-refractivity contribution in [2.45, 2.75) is 44.2 Å². The zero-order valence-corrected chi connectivity index (χ0v) is 16.9. The molecule has 1 aromatic heterocycles. The number of carbonyl (C=O) groups is 2. The van der Waals surface area contributed by atoms with Crippen molar-refractivity contribution < 1.29 is 14.7 Å². The third-order valence-corrected chi connectivity index (χ3v) is 5.58. The number of amides is 1.